The first-order chi connectivity index (χ1) is 7.22. The van der Waals surface area contributed by atoms with Gasteiger partial charge in [-0.1, -0.05) is 30.1 Å². The van der Waals surface area contributed by atoms with Crippen LogP contribution in [0.5, 0.6) is 0 Å². The third-order valence-electron chi connectivity index (χ3n) is 2.23. The zero-order valence-electron chi connectivity index (χ0n) is 8.31. The molecular formula is C11H11Cl2NO. The molecule has 2 nitrogen and oxygen atoms in total. The molecular weight excluding hydrogens is 233 g/mol. The third kappa shape index (κ3) is 2.12. The van der Waals surface area contributed by atoms with Crippen LogP contribution >= 0.6 is 23.2 Å². The van der Waals surface area contributed by atoms with Gasteiger partial charge in [0.05, 0.1) is 11.3 Å². The van der Waals surface area contributed by atoms with Crippen molar-refractivity contribution in [3.05, 3.63) is 34.0 Å². The van der Waals surface area contributed by atoms with Crippen LogP contribution in [0.4, 0.5) is 0 Å². The normalized spacial score (nSPS) is 11.1. The zero-order chi connectivity index (χ0) is 10.8. The monoisotopic (exact) mass is 243 g/mol. The van der Waals surface area contributed by atoms with E-state index in [9.17, 15) is 0 Å². The van der Waals surface area contributed by atoms with Gasteiger partial charge in [-0.3, -0.25) is 0 Å². The molecule has 80 valence electrons. The van der Waals surface area contributed by atoms with Crippen LogP contribution in [0, 0.1) is 0 Å². The maximum Gasteiger partial charge on any atom is 0.137 e. The Morgan fingerprint density at radius 3 is 2.87 bits per heavy atom. The van der Waals surface area contributed by atoms with E-state index in [1.54, 1.807) is 18.4 Å². The molecule has 0 aliphatic carbocycles. The van der Waals surface area contributed by atoms with Crippen molar-refractivity contribution in [1.29, 1.82) is 0 Å². The number of hydrogen-bond donors (Lipinski definition) is 1. The molecule has 0 spiro atoms. The smallest absolute Gasteiger partial charge is 0.137 e. The molecule has 1 N–H and O–H groups in total. The number of furan rings is 1. The molecule has 0 atom stereocenters. The molecule has 0 aliphatic rings. The molecule has 1 aromatic carbocycles. The Morgan fingerprint density at radius 2 is 2.13 bits per heavy atom. The highest BCUT2D eigenvalue weighted by atomic mass is 35.5. The predicted octanol–water partition coefficient (Wildman–Crippen LogP) is 3.85. The highest BCUT2D eigenvalue weighted by molar-refractivity contribution is 6.38. The Morgan fingerprint density at radius 1 is 1.33 bits per heavy atom. The van der Waals surface area contributed by atoms with Crippen LogP contribution in [0.2, 0.25) is 10.0 Å². The molecule has 0 radical (unpaired) electrons. The van der Waals surface area contributed by atoms with Crippen molar-refractivity contribution in [3.63, 3.8) is 0 Å². The Hall–Kier alpha value is -0.700. The van der Waals surface area contributed by atoms with E-state index in [0.29, 0.717) is 10.0 Å². The lowest BCUT2D eigenvalue weighted by Crippen LogP contribution is -2.11. The Labute approximate surface area is 98.2 Å². The minimum absolute atomic E-state index is 0.594. The van der Waals surface area contributed by atoms with Gasteiger partial charge >= 0.3 is 0 Å². The summed E-state index contributed by atoms with van der Waals surface area (Å²) in [5.41, 5.74) is 1.80. The lowest BCUT2D eigenvalue weighted by molar-refractivity contribution is 0.604. The van der Waals surface area contributed by atoms with Gasteiger partial charge in [-0.15, -0.1) is 0 Å². The van der Waals surface area contributed by atoms with Gasteiger partial charge < -0.3 is 9.73 Å². The average molecular weight is 244 g/mol. The van der Waals surface area contributed by atoms with Gasteiger partial charge in [0.25, 0.3) is 0 Å². The quantitative estimate of drug-likeness (QED) is 0.887. The zero-order valence-corrected chi connectivity index (χ0v) is 9.82. The van der Waals surface area contributed by atoms with Crippen LogP contribution < -0.4 is 5.32 Å². The molecule has 1 heterocycles. The molecule has 0 unspecified atom stereocenters. The van der Waals surface area contributed by atoms with Crippen LogP contribution in [0.1, 0.15) is 12.5 Å². The highest BCUT2D eigenvalue weighted by Crippen LogP contribution is 2.31. The third-order valence-corrected chi connectivity index (χ3v) is 2.75. The number of halogens is 2. The van der Waals surface area contributed by atoms with Crippen molar-refractivity contribution >= 4 is 34.2 Å². The lowest BCUT2D eigenvalue weighted by Gasteiger charge is -2.00. The van der Waals surface area contributed by atoms with E-state index < -0.39 is 0 Å². The molecule has 4 heteroatoms. The molecule has 0 fully saturated rings. The van der Waals surface area contributed by atoms with Crippen LogP contribution in [0.3, 0.4) is 0 Å². The summed E-state index contributed by atoms with van der Waals surface area (Å²) < 4.78 is 5.40. The first kappa shape index (κ1) is 10.8. The molecule has 0 saturated heterocycles. The summed E-state index contributed by atoms with van der Waals surface area (Å²) in [5.74, 6) is 0. The van der Waals surface area contributed by atoms with Crippen LogP contribution in [0.25, 0.3) is 11.0 Å². The number of hydrogen-bond acceptors (Lipinski definition) is 2. The molecule has 0 amide bonds. The Bertz CT molecular complexity index is 479. The van der Waals surface area contributed by atoms with Crippen LogP contribution in [0.15, 0.2) is 22.8 Å². The number of fused-ring (bicyclic) bond motifs is 1. The topological polar surface area (TPSA) is 25.2 Å². The van der Waals surface area contributed by atoms with E-state index in [0.717, 1.165) is 29.6 Å². The predicted molar refractivity (Wildman–Crippen MR) is 63.6 cm³/mol. The number of nitrogens with one attached hydrogen (secondary N) is 1. The molecule has 15 heavy (non-hydrogen) atoms. The van der Waals surface area contributed by atoms with Gasteiger partial charge in [-0.25, -0.2) is 0 Å². The van der Waals surface area contributed by atoms with E-state index in [4.69, 9.17) is 27.6 Å². The van der Waals surface area contributed by atoms with Crippen molar-refractivity contribution in [2.24, 2.45) is 0 Å². The SMILES string of the molecule is CCNCc1coc2cc(Cl)cc(Cl)c12. The Kier molecular flexibility index (Phi) is 3.19. The van der Waals surface area contributed by atoms with Crippen molar-refractivity contribution in [1.82, 2.24) is 5.32 Å². The van der Waals surface area contributed by atoms with Crippen molar-refractivity contribution in [2.75, 3.05) is 6.54 Å². The van der Waals surface area contributed by atoms with Crippen LogP contribution in [-0.4, -0.2) is 6.54 Å². The number of rotatable bonds is 3. The summed E-state index contributed by atoms with van der Waals surface area (Å²) in [6, 6.07) is 3.51. The fourth-order valence-corrected chi connectivity index (χ4v) is 2.13. The van der Waals surface area contributed by atoms with E-state index in [-0.39, 0.29) is 0 Å². The summed E-state index contributed by atoms with van der Waals surface area (Å²) in [5, 5.41) is 5.41. The second kappa shape index (κ2) is 4.44. The largest absolute Gasteiger partial charge is 0.464 e. The van der Waals surface area contributed by atoms with Crippen molar-refractivity contribution < 1.29 is 4.42 Å². The minimum atomic E-state index is 0.594. The molecule has 0 saturated carbocycles. The van der Waals surface area contributed by atoms with Crippen LogP contribution in [-0.2, 0) is 6.54 Å². The van der Waals surface area contributed by atoms with Crippen molar-refractivity contribution in [3.8, 4) is 0 Å². The molecule has 0 aliphatic heterocycles. The molecule has 2 rings (SSSR count). The standard InChI is InChI=1S/C11H11Cl2NO/c1-2-14-5-7-6-15-10-4-8(12)3-9(13)11(7)10/h3-4,6,14H,2,5H2,1H3. The Balaban J connectivity index is 2.49. The van der Waals surface area contributed by atoms with E-state index in [2.05, 4.69) is 12.2 Å². The van der Waals surface area contributed by atoms with Gasteiger partial charge in [0.2, 0.25) is 0 Å². The average Bonchev–Trinajstić information content (AvgIpc) is 2.58. The minimum Gasteiger partial charge on any atom is -0.464 e. The fraction of sp³-hybridized carbons (Fsp3) is 0.273. The summed E-state index contributed by atoms with van der Waals surface area (Å²) in [6.07, 6.45) is 1.72. The molecule has 1 aromatic heterocycles. The summed E-state index contributed by atoms with van der Waals surface area (Å²) in [6.45, 7) is 3.73. The van der Waals surface area contributed by atoms with Gasteiger partial charge in [-0.2, -0.15) is 0 Å². The summed E-state index contributed by atoms with van der Waals surface area (Å²) in [7, 11) is 0. The second-order valence-corrected chi connectivity index (χ2v) is 4.15. The number of benzene rings is 1. The lowest BCUT2D eigenvalue weighted by atomic mass is 10.2. The van der Waals surface area contributed by atoms with Gasteiger partial charge in [0, 0.05) is 28.6 Å². The van der Waals surface area contributed by atoms with E-state index in [1.165, 1.54) is 0 Å². The van der Waals surface area contributed by atoms with Gasteiger partial charge in [0.1, 0.15) is 5.58 Å². The highest BCUT2D eigenvalue weighted by Gasteiger charge is 2.10. The maximum absolute atomic E-state index is 6.12. The summed E-state index contributed by atoms with van der Waals surface area (Å²) in [4.78, 5) is 0. The van der Waals surface area contributed by atoms with E-state index >= 15 is 0 Å². The first-order valence-corrected chi connectivity index (χ1v) is 5.53. The van der Waals surface area contributed by atoms with Crippen molar-refractivity contribution in [2.45, 2.75) is 13.5 Å². The fourth-order valence-electron chi connectivity index (χ4n) is 1.54. The maximum atomic E-state index is 6.12. The second-order valence-electron chi connectivity index (χ2n) is 3.30. The molecule has 0 bridgehead atoms. The van der Waals surface area contributed by atoms with Gasteiger partial charge in [0.15, 0.2) is 0 Å². The van der Waals surface area contributed by atoms with E-state index in [1.807, 2.05) is 0 Å². The van der Waals surface area contributed by atoms with Gasteiger partial charge in [-0.05, 0) is 12.6 Å². The molecule has 2 aromatic rings. The summed E-state index contributed by atoms with van der Waals surface area (Å²) >= 11 is 12.0. The first-order valence-electron chi connectivity index (χ1n) is 4.78.